The molecule has 0 fully saturated rings. The number of ether oxygens (including phenoxy) is 1. The Morgan fingerprint density at radius 1 is 1.38 bits per heavy atom. The van der Waals surface area contributed by atoms with Crippen LogP contribution in [0, 0.1) is 22.9 Å². The summed E-state index contributed by atoms with van der Waals surface area (Å²) >= 11 is 5.17. The van der Waals surface area contributed by atoms with Crippen LogP contribution in [0.2, 0.25) is 0 Å². The maximum atomic E-state index is 11.6. The fourth-order valence-electron chi connectivity index (χ4n) is 2.44. The van der Waals surface area contributed by atoms with Crippen LogP contribution in [0.4, 0.5) is 0 Å². The molecule has 0 amide bonds. The first kappa shape index (κ1) is 17.7. The van der Waals surface area contributed by atoms with Crippen molar-refractivity contribution in [3.05, 3.63) is 45.7 Å². The first-order valence-electron chi connectivity index (χ1n) is 7.63. The number of aryl methyl sites for hydroxylation is 1. The highest BCUT2D eigenvalue weighted by molar-refractivity contribution is 7.71. The molecule has 2 aromatic rings. The third-order valence-corrected chi connectivity index (χ3v) is 3.94. The Bertz CT molecular complexity index is 848. The smallest absolute Gasteiger partial charge is 0.338 e. The predicted molar refractivity (Wildman–Crippen MR) is 93.9 cm³/mol. The second-order valence-corrected chi connectivity index (χ2v) is 5.76. The number of unbranched alkanes of at least 4 members (excludes halogenated alkanes) is 1. The van der Waals surface area contributed by atoms with Gasteiger partial charge in [0.25, 0.3) is 0 Å². The number of aromatic carboxylic acids is 1. The number of pyridine rings is 1. The van der Waals surface area contributed by atoms with Crippen LogP contribution in [0.5, 0.6) is 5.75 Å². The average molecular weight is 342 g/mol. The van der Waals surface area contributed by atoms with E-state index < -0.39 is 5.97 Å². The Morgan fingerprint density at radius 2 is 2.04 bits per heavy atom. The first-order chi connectivity index (χ1) is 11.5. The third kappa shape index (κ3) is 3.63. The normalized spacial score (nSPS) is 10.2. The Labute approximate surface area is 145 Å². The van der Waals surface area contributed by atoms with Crippen molar-refractivity contribution in [3.63, 3.8) is 0 Å². The molecule has 2 N–H and O–H groups in total. The van der Waals surface area contributed by atoms with Crippen LogP contribution in [-0.4, -0.2) is 22.7 Å². The molecule has 0 aliphatic carbocycles. The summed E-state index contributed by atoms with van der Waals surface area (Å²) in [7, 11) is 0. The largest absolute Gasteiger partial charge is 0.494 e. The highest BCUT2D eigenvalue weighted by Crippen LogP contribution is 2.31. The Hall–Kier alpha value is -2.65. The second kappa shape index (κ2) is 7.75. The summed E-state index contributed by atoms with van der Waals surface area (Å²) < 4.78 is 5.85. The summed E-state index contributed by atoms with van der Waals surface area (Å²) in [5.74, 6) is -0.395. The molecule has 0 radical (unpaired) electrons. The van der Waals surface area contributed by atoms with Crippen LogP contribution in [0.3, 0.4) is 0 Å². The number of rotatable bonds is 6. The molecule has 0 saturated carbocycles. The molecule has 0 atom stereocenters. The van der Waals surface area contributed by atoms with Gasteiger partial charge in [-0.1, -0.05) is 37.7 Å². The van der Waals surface area contributed by atoms with E-state index in [1.54, 1.807) is 31.2 Å². The monoisotopic (exact) mass is 342 g/mol. The molecule has 0 spiro atoms. The Balaban J connectivity index is 2.53. The van der Waals surface area contributed by atoms with Crippen molar-refractivity contribution in [1.82, 2.24) is 4.98 Å². The van der Waals surface area contributed by atoms with Gasteiger partial charge in [0.2, 0.25) is 0 Å². The van der Waals surface area contributed by atoms with Gasteiger partial charge in [-0.25, -0.2) is 4.79 Å². The van der Waals surface area contributed by atoms with Crippen LogP contribution < -0.4 is 4.74 Å². The molecule has 0 aliphatic heterocycles. The van der Waals surface area contributed by atoms with Gasteiger partial charge in [0.15, 0.2) is 0 Å². The number of nitriles is 1. The lowest BCUT2D eigenvalue weighted by atomic mass is 9.95. The lowest BCUT2D eigenvalue weighted by Gasteiger charge is -2.13. The minimum Gasteiger partial charge on any atom is -0.494 e. The predicted octanol–water partition coefficient (Wildman–Crippen LogP) is 4.47. The van der Waals surface area contributed by atoms with Gasteiger partial charge in [0.05, 0.1) is 17.7 Å². The van der Waals surface area contributed by atoms with Crippen molar-refractivity contribution in [1.29, 1.82) is 5.26 Å². The summed E-state index contributed by atoms with van der Waals surface area (Å²) in [6, 6.07) is 9.05. The van der Waals surface area contributed by atoms with E-state index in [9.17, 15) is 15.2 Å². The minimum atomic E-state index is -1.10. The number of carboxylic acid groups (broad SMARTS) is 1. The van der Waals surface area contributed by atoms with Crippen LogP contribution in [-0.2, 0) is 0 Å². The van der Waals surface area contributed by atoms with Gasteiger partial charge < -0.3 is 14.8 Å². The van der Waals surface area contributed by atoms with E-state index in [1.165, 1.54) is 0 Å². The van der Waals surface area contributed by atoms with Crippen LogP contribution in [0.25, 0.3) is 11.1 Å². The van der Waals surface area contributed by atoms with Gasteiger partial charge >= 0.3 is 5.97 Å². The van der Waals surface area contributed by atoms with Gasteiger partial charge in [0.1, 0.15) is 16.5 Å². The molecule has 24 heavy (non-hydrogen) atoms. The second-order valence-electron chi connectivity index (χ2n) is 5.35. The molecule has 0 aliphatic rings. The lowest BCUT2D eigenvalue weighted by molar-refractivity contribution is 0.0696. The number of aromatic nitrogens is 1. The van der Waals surface area contributed by atoms with Crippen molar-refractivity contribution in [3.8, 4) is 22.9 Å². The maximum Gasteiger partial charge on any atom is 0.338 e. The molecule has 124 valence electrons. The topological polar surface area (TPSA) is 86.1 Å². The molecule has 0 unspecified atom stereocenters. The number of hydrogen-bond acceptors (Lipinski definition) is 4. The van der Waals surface area contributed by atoms with E-state index in [4.69, 9.17) is 17.0 Å². The van der Waals surface area contributed by atoms with Crippen molar-refractivity contribution < 1.29 is 14.6 Å². The van der Waals surface area contributed by atoms with Gasteiger partial charge in [-0.3, -0.25) is 0 Å². The fraction of sp³-hybridized carbons (Fsp3) is 0.278. The van der Waals surface area contributed by atoms with Gasteiger partial charge in [-0.2, -0.15) is 5.26 Å². The third-order valence-electron chi connectivity index (χ3n) is 3.64. The van der Waals surface area contributed by atoms with Crippen LogP contribution >= 0.6 is 12.2 Å². The summed E-state index contributed by atoms with van der Waals surface area (Å²) in [5, 5.41) is 18.9. The molecular formula is C18H18N2O3S. The zero-order valence-corrected chi connectivity index (χ0v) is 14.4. The van der Waals surface area contributed by atoms with E-state index in [-0.39, 0.29) is 15.8 Å². The Morgan fingerprint density at radius 3 is 2.58 bits per heavy atom. The van der Waals surface area contributed by atoms with Gasteiger partial charge in [-0.15, -0.1) is 0 Å². The fourth-order valence-corrected chi connectivity index (χ4v) is 2.74. The van der Waals surface area contributed by atoms with Crippen molar-refractivity contribution in [2.75, 3.05) is 6.61 Å². The minimum absolute atomic E-state index is 0.0554. The summed E-state index contributed by atoms with van der Waals surface area (Å²) in [4.78, 5) is 14.4. The van der Waals surface area contributed by atoms with E-state index >= 15 is 0 Å². The van der Waals surface area contributed by atoms with Crippen LogP contribution in [0.15, 0.2) is 24.3 Å². The molecule has 5 nitrogen and oxygen atoms in total. The van der Waals surface area contributed by atoms with E-state index in [2.05, 4.69) is 11.9 Å². The molecule has 0 saturated heterocycles. The van der Waals surface area contributed by atoms with Crippen molar-refractivity contribution in [2.45, 2.75) is 26.7 Å². The number of benzene rings is 1. The van der Waals surface area contributed by atoms with Crippen molar-refractivity contribution >= 4 is 18.2 Å². The molecule has 1 aromatic carbocycles. The standard InChI is InChI=1S/C18H18N2O3S/c1-3-4-9-23-13-7-5-12(6-8-13)16-14(10-19)17(24)20-11(2)15(16)18(21)22/h5-8H,3-4,9H2,1-2H3,(H,20,24)(H,21,22). The summed E-state index contributed by atoms with van der Waals surface area (Å²) in [5.41, 5.74) is 1.60. The summed E-state index contributed by atoms with van der Waals surface area (Å²) in [6.07, 6.45) is 2.02. The quantitative estimate of drug-likeness (QED) is 0.597. The van der Waals surface area contributed by atoms with Gasteiger partial charge in [0, 0.05) is 11.3 Å². The van der Waals surface area contributed by atoms with Crippen LogP contribution in [0.1, 0.15) is 41.4 Å². The molecule has 0 bridgehead atoms. The van der Waals surface area contributed by atoms with E-state index in [0.717, 1.165) is 12.8 Å². The van der Waals surface area contributed by atoms with Crippen molar-refractivity contribution in [2.24, 2.45) is 0 Å². The number of H-pyrrole nitrogens is 1. The highest BCUT2D eigenvalue weighted by atomic mass is 32.1. The Kier molecular flexibility index (Phi) is 5.72. The number of carbonyl (C=O) groups is 1. The number of carboxylic acids is 1. The molecular weight excluding hydrogens is 324 g/mol. The SMILES string of the molecule is CCCCOc1ccc(-c2c(C(=O)O)c(C)[nH]c(=S)c2C#N)cc1. The number of aromatic amines is 1. The molecule has 2 rings (SSSR count). The molecule has 6 heteroatoms. The van der Waals surface area contributed by atoms with E-state index in [1.807, 2.05) is 6.07 Å². The maximum absolute atomic E-state index is 11.6. The molecule has 1 aromatic heterocycles. The number of hydrogen-bond donors (Lipinski definition) is 2. The number of nitrogens with one attached hydrogen (secondary N) is 1. The van der Waals surface area contributed by atoms with E-state index in [0.29, 0.717) is 29.2 Å². The lowest BCUT2D eigenvalue weighted by Crippen LogP contribution is -2.07. The van der Waals surface area contributed by atoms with Gasteiger partial charge in [-0.05, 0) is 31.0 Å². The average Bonchev–Trinajstić information content (AvgIpc) is 2.54. The first-order valence-corrected chi connectivity index (χ1v) is 8.03. The highest BCUT2D eigenvalue weighted by Gasteiger charge is 2.20. The zero-order chi connectivity index (χ0) is 17.7. The summed E-state index contributed by atoms with van der Waals surface area (Å²) in [6.45, 7) is 4.35. The number of nitrogens with zero attached hydrogens (tertiary/aromatic N) is 1. The molecule has 1 heterocycles. The zero-order valence-electron chi connectivity index (χ0n) is 13.5.